The van der Waals surface area contributed by atoms with Crippen LogP contribution >= 0.6 is 11.6 Å². The van der Waals surface area contributed by atoms with E-state index in [1.807, 2.05) is 6.92 Å². The fourth-order valence-corrected chi connectivity index (χ4v) is 2.35. The van der Waals surface area contributed by atoms with Crippen LogP contribution in [0.2, 0.25) is 5.02 Å². The molecule has 15 heavy (non-hydrogen) atoms. The third kappa shape index (κ3) is 1.64. The topological polar surface area (TPSA) is 26.0 Å². The third-order valence-electron chi connectivity index (χ3n) is 3.21. The predicted octanol–water partition coefficient (Wildman–Crippen LogP) is 3.00. The van der Waals surface area contributed by atoms with Gasteiger partial charge >= 0.3 is 0 Å². The van der Waals surface area contributed by atoms with Crippen LogP contribution < -0.4 is 5.73 Å². The minimum Gasteiger partial charge on any atom is -0.327 e. The number of hydrogen-bond donors (Lipinski definition) is 1. The zero-order valence-electron chi connectivity index (χ0n) is 8.36. The van der Waals surface area contributed by atoms with E-state index >= 15 is 0 Å². The smallest absolute Gasteiger partial charge is 0.160 e. The first-order valence-electron chi connectivity index (χ1n) is 4.88. The molecule has 1 aromatic rings. The Kier molecular flexibility index (Phi) is 2.47. The monoisotopic (exact) mass is 231 g/mol. The average Bonchev–Trinajstić information content (AvgIpc) is 2.92. The van der Waals surface area contributed by atoms with Gasteiger partial charge in [0.25, 0.3) is 0 Å². The highest BCUT2D eigenvalue weighted by molar-refractivity contribution is 6.31. The van der Waals surface area contributed by atoms with Gasteiger partial charge in [0, 0.05) is 16.5 Å². The Labute approximate surface area is 92.2 Å². The second-order valence-corrected chi connectivity index (χ2v) is 4.60. The maximum absolute atomic E-state index is 13.1. The van der Waals surface area contributed by atoms with Crippen molar-refractivity contribution in [2.75, 3.05) is 0 Å². The number of benzene rings is 1. The summed E-state index contributed by atoms with van der Waals surface area (Å²) in [5.41, 5.74) is 6.24. The van der Waals surface area contributed by atoms with Crippen LogP contribution in [0.3, 0.4) is 0 Å². The Morgan fingerprint density at radius 3 is 2.33 bits per heavy atom. The van der Waals surface area contributed by atoms with Gasteiger partial charge in [-0.25, -0.2) is 8.78 Å². The quantitative estimate of drug-likeness (QED) is 0.778. The van der Waals surface area contributed by atoms with E-state index in [0.29, 0.717) is 5.56 Å². The second kappa shape index (κ2) is 3.42. The van der Waals surface area contributed by atoms with Crippen LogP contribution in [0.15, 0.2) is 12.1 Å². The lowest BCUT2D eigenvalue weighted by Gasteiger charge is -2.21. The van der Waals surface area contributed by atoms with Gasteiger partial charge in [-0.05, 0) is 37.5 Å². The largest absolute Gasteiger partial charge is 0.327 e. The summed E-state index contributed by atoms with van der Waals surface area (Å²) in [5.74, 6) is -1.77. The van der Waals surface area contributed by atoms with Crippen LogP contribution in [0.25, 0.3) is 0 Å². The predicted molar refractivity (Wildman–Crippen MR) is 55.9 cm³/mol. The van der Waals surface area contributed by atoms with Gasteiger partial charge in [0.15, 0.2) is 11.6 Å². The molecule has 82 valence electrons. The van der Waals surface area contributed by atoms with Gasteiger partial charge in [-0.3, -0.25) is 0 Å². The minimum atomic E-state index is -0.913. The summed E-state index contributed by atoms with van der Waals surface area (Å²) in [5, 5.41) is 0.267. The molecule has 1 aromatic carbocycles. The van der Waals surface area contributed by atoms with Crippen molar-refractivity contribution < 1.29 is 8.78 Å². The van der Waals surface area contributed by atoms with E-state index in [-0.39, 0.29) is 16.5 Å². The van der Waals surface area contributed by atoms with Gasteiger partial charge in [0.2, 0.25) is 0 Å². The number of hydrogen-bond acceptors (Lipinski definition) is 1. The summed E-state index contributed by atoms with van der Waals surface area (Å²) < 4.78 is 26.0. The Morgan fingerprint density at radius 1 is 1.33 bits per heavy atom. The molecule has 1 saturated carbocycles. The molecule has 0 aliphatic heterocycles. The van der Waals surface area contributed by atoms with Gasteiger partial charge in [-0.2, -0.15) is 0 Å². The van der Waals surface area contributed by atoms with E-state index in [4.69, 9.17) is 17.3 Å². The van der Waals surface area contributed by atoms with Crippen molar-refractivity contribution in [3.05, 3.63) is 34.4 Å². The van der Waals surface area contributed by atoms with Crippen molar-refractivity contribution in [3.8, 4) is 0 Å². The van der Waals surface area contributed by atoms with Gasteiger partial charge in [-0.1, -0.05) is 11.6 Å². The van der Waals surface area contributed by atoms with Crippen LogP contribution in [0.4, 0.5) is 8.78 Å². The summed E-state index contributed by atoms with van der Waals surface area (Å²) >= 11 is 5.91. The van der Waals surface area contributed by atoms with E-state index in [0.717, 1.165) is 18.9 Å². The molecule has 2 rings (SSSR count). The molecule has 0 bridgehead atoms. The second-order valence-electron chi connectivity index (χ2n) is 4.19. The molecule has 0 radical (unpaired) electrons. The molecule has 1 atom stereocenters. The maximum Gasteiger partial charge on any atom is 0.160 e. The van der Waals surface area contributed by atoms with Crippen LogP contribution in [-0.2, 0) is 5.41 Å². The van der Waals surface area contributed by atoms with Crippen molar-refractivity contribution >= 4 is 11.6 Å². The number of halogens is 3. The van der Waals surface area contributed by atoms with Crippen LogP contribution in [0.1, 0.15) is 25.3 Å². The van der Waals surface area contributed by atoms with Gasteiger partial charge in [0.05, 0.1) is 0 Å². The number of rotatable bonds is 2. The molecule has 1 aliphatic rings. The summed E-state index contributed by atoms with van der Waals surface area (Å²) in [4.78, 5) is 0. The molecule has 0 heterocycles. The zero-order chi connectivity index (χ0) is 11.2. The Bertz CT molecular complexity index is 400. The molecule has 1 unspecified atom stereocenters. The van der Waals surface area contributed by atoms with Gasteiger partial charge in [0.1, 0.15) is 0 Å². The van der Waals surface area contributed by atoms with E-state index in [9.17, 15) is 8.78 Å². The van der Waals surface area contributed by atoms with Crippen LogP contribution in [-0.4, -0.2) is 6.04 Å². The fourth-order valence-electron chi connectivity index (χ4n) is 2.01. The van der Waals surface area contributed by atoms with E-state index in [2.05, 4.69) is 0 Å². The summed E-state index contributed by atoms with van der Waals surface area (Å²) in [6.07, 6.45) is 1.77. The third-order valence-corrected chi connectivity index (χ3v) is 3.52. The minimum absolute atomic E-state index is 0.0974. The fraction of sp³-hybridized carbons (Fsp3) is 0.455. The first-order valence-corrected chi connectivity index (χ1v) is 5.26. The first-order chi connectivity index (χ1) is 6.97. The molecule has 0 amide bonds. The highest BCUT2D eigenvalue weighted by atomic mass is 35.5. The molecule has 4 heteroatoms. The van der Waals surface area contributed by atoms with E-state index < -0.39 is 11.6 Å². The molecule has 1 fully saturated rings. The first kappa shape index (κ1) is 10.8. The van der Waals surface area contributed by atoms with Crippen LogP contribution in [0.5, 0.6) is 0 Å². The summed E-state index contributed by atoms with van der Waals surface area (Å²) in [7, 11) is 0. The SMILES string of the molecule is CC(N)C1(c2cc(F)c(F)cc2Cl)CC1. The molecule has 0 saturated heterocycles. The molecule has 0 aromatic heterocycles. The number of nitrogens with two attached hydrogens (primary N) is 1. The summed E-state index contributed by atoms with van der Waals surface area (Å²) in [6, 6.07) is 2.10. The van der Waals surface area contributed by atoms with Crippen molar-refractivity contribution in [2.45, 2.75) is 31.2 Å². The van der Waals surface area contributed by atoms with Crippen molar-refractivity contribution in [1.29, 1.82) is 0 Å². The standard InChI is InChI=1S/C11H12ClF2N/c1-6(15)11(2-3-11)7-4-9(13)10(14)5-8(7)12/h4-6H,2-3,15H2,1H3. The van der Waals surface area contributed by atoms with Gasteiger partial charge in [-0.15, -0.1) is 0 Å². The highest BCUT2D eigenvalue weighted by Gasteiger charge is 2.48. The Hall–Kier alpha value is -0.670. The van der Waals surface area contributed by atoms with Crippen LogP contribution in [0, 0.1) is 11.6 Å². The maximum atomic E-state index is 13.1. The molecular formula is C11H12ClF2N. The lowest BCUT2D eigenvalue weighted by molar-refractivity contribution is 0.497. The highest BCUT2D eigenvalue weighted by Crippen LogP contribution is 2.52. The van der Waals surface area contributed by atoms with Crippen molar-refractivity contribution in [2.24, 2.45) is 5.73 Å². The van der Waals surface area contributed by atoms with Crippen molar-refractivity contribution in [1.82, 2.24) is 0 Å². The van der Waals surface area contributed by atoms with E-state index in [1.165, 1.54) is 6.07 Å². The molecular weight excluding hydrogens is 220 g/mol. The average molecular weight is 232 g/mol. The summed E-state index contributed by atoms with van der Waals surface area (Å²) in [6.45, 7) is 1.87. The lowest BCUT2D eigenvalue weighted by atomic mass is 9.89. The Morgan fingerprint density at radius 2 is 1.87 bits per heavy atom. The lowest BCUT2D eigenvalue weighted by Crippen LogP contribution is -2.32. The molecule has 0 spiro atoms. The molecule has 2 N–H and O–H groups in total. The zero-order valence-corrected chi connectivity index (χ0v) is 9.11. The Balaban J connectivity index is 2.49. The van der Waals surface area contributed by atoms with Gasteiger partial charge < -0.3 is 5.73 Å². The normalized spacial score (nSPS) is 20.1. The molecule has 1 nitrogen and oxygen atoms in total. The molecule has 1 aliphatic carbocycles. The van der Waals surface area contributed by atoms with E-state index in [1.54, 1.807) is 0 Å². The van der Waals surface area contributed by atoms with Crippen molar-refractivity contribution in [3.63, 3.8) is 0 Å².